The molecule has 0 bridgehead atoms. The van der Waals surface area contributed by atoms with Gasteiger partial charge in [0, 0.05) is 0 Å². The molecule has 0 unspecified atom stereocenters. The Kier molecular flexibility index (Phi) is 14.0. The number of fused-ring (bicyclic) bond motifs is 4. The van der Waals surface area contributed by atoms with Crippen LogP contribution in [0.3, 0.4) is 0 Å². The predicted molar refractivity (Wildman–Crippen MR) is 211 cm³/mol. The van der Waals surface area contributed by atoms with Crippen molar-refractivity contribution >= 4 is 58.1 Å². The molecule has 2 fully saturated rings. The van der Waals surface area contributed by atoms with E-state index in [1.165, 1.54) is 29.5 Å². The van der Waals surface area contributed by atoms with E-state index in [0.717, 1.165) is 51.4 Å². The molecule has 4 aromatic rings. The number of carbonyl (C=O) groups is 2. The van der Waals surface area contributed by atoms with E-state index in [1.54, 1.807) is 16.8 Å². The Morgan fingerprint density at radius 1 is 0.754 bits per heavy atom. The van der Waals surface area contributed by atoms with Crippen molar-refractivity contribution in [3.8, 4) is 11.5 Å². The zero-order valence-electron chi connectivity index (χ0n) is 31.4. The van der Waals surface area contributed by atoms with Gasteiger partial charge < -0.3 is 20.1 Å². The van der Waals surface area contributed by atoms with Crippen LogP contribution < -0.4 is 62.0 Å². The number of nitrogens with two attached hydrogens (primary N) is 1. The summed E-state index contributed by atoms with van der Waals surface area (Å²) >= 11 is 17.7. The minimum absolute atomic E-state index is 0.102. The third-order valence-electron chi connectivity index (χ3n) is 10.1. The third-order valence-corrected chi connectivity index (χ3v) is 12.2. The SMILES string of the molecule is CCOc1cncnc1Cl.CCOc1cncnc1Nc1cc(Cl)c2n(c1=O)C1(CCCCC1)NC2=O.N[I-]Cc1cc(Cl)c2n(c1=O)C1(CCCCC1)NC2=O. The molecular formula is C37H43Cl3IN10O6-. The van der Waals surface area contributed by atoms with Crippen LogP contribution >= 0.6 is 34.8 Å². The molecule has 2 amide bonds. The van der Waals surface area contributed by atoms with Crippen LogP contribution in [0.4, 0.5) is 11.5 Å². The van der Waals surface area contributed by atoms with Gasteiger partial charge in [0.15, 0.2) is 22.5 Å². The molecule has 306 valence electrons. The van der Waals surface area contributed by atoms with E-state index in [-0.39, 0.29) is 39.3 Å². The second-order valence-corrected chi connectivity index (χ2v) is 16.5. The molecule has 0 saturated heterocycles. The van der Waals surface area contributed by atoms with Gasteiger partial charge in [-0.25, -0.2) is 19.9 Å². The van der Waals surface area contributed by atoms with Gasteiger partial charge in [-0.15, -0.1) is 0 Å². The van der Waals surface area contributed by atoms with Crippen LogP contribution in [0.1, 0.15) is 105 Å². The Balaban J connectivity index is 0.000000160. The summed E-state index contributed by atoms with van der Waals surface area (Å²) in [5.41, 5.74) is -0.253. The summed E-state index contributed by atoms with van der Waals surface area (Å²) in [6.45, 7) is 4.74. The van der Waals surface area contributed by atoms with Crippen molar-refractivity contribution < 1.29 is 40.5 Å². The molecule has 2 aliphatic carbocycles. The fourth-order valence-corrected chi connectivity index (χ4v) is 9.45. The molecule has 6 heterocycles. The molecule has 5 N–H and O–H groups in total. The van der Waals surface area contributed by atoms with E-state index in [4.69, 9.17) is 48.2 Å². The summed E-state index contributed by atoms with van der Waals surface area (Å²) in [7, 11) is 0. The van der Waals surface area contributed by atoms with Crippen molar-refractivity contribution in [2.45, 2.75) is 93.8 Å². The van der Waals surface area contributed by atoms with Gasteiger partial charge in [-0.3, -0.25) is 14.2 Å². The molecule has 16 nitrogen and oxygen atoms in total. The van der Waals surface area contributed by atoms with Gasteiger partial charge in [0.2, 0.25) is 0 Å². The number of hydrogen-bond acceptors (Lipinski definition) is 12. The van der Waals surface area contributed by atoms with E-state index in [0.29, 0.717) is 69.2 Å². The van der Waals surface area contributed by atoms with Crippen molar-refractivity contribution in [1.82, 2.24) is 39.7 Å². The first kappa shape index (κ1) is 42.6. The van der Waals surface area contributed by atoms with Crippen LogP contribution in [0.25, 0.3) is 0 Å². The summed E-state index contributed by atoms with van der Waals surface area (Å²) in [6.07, 6.45) is 15.0. The Bertz CT molecular complexity index is 2240. The van der Waals surface area contributed by atoms with E-state index in [2.05, 4.69) is 35.9 Å². The Morgan fingerprint density at radius 2 is 1.26 bits per heavy atom. The number of hydrogen-bond donors (Lipinski definition) is 4. The molecular weight excluding hydrogens is 914 g/mol. The number of alkyl halides is 1. The molecule has 57 heavy (non-hydrogen) atoms. The van der Waals surface area contributed by atoms with Gasteiger partial charge in [0.05, 0.1) is 30.6 Å². The first-order valence-corrected chi connectivity index (χ1v) is 22.5. The van der Waals surface area contributed by atoms with Gasteiger partial charge in [-0.05, 0) is 45.6 Å². The average Bonchev–Trinajstić information content (AvgIpc) is 3.65. The number of nitrogens with one attached hydrogen (secondary N) is 3. The molecule has 0 aromatic carbocycles. The van der Waals surface area contributed by atoms with E-state index in [1.807, 2.05) is 13.8 Å². The third kappa shape index (κ3) is 8.86. The van der Waals surface area contributed by atoms with E-state index < -0.39 is 32.8 Å². The van der Waals surface area contributed by atoms with Crippen LogP contribution in [-0.4, -0.2) is 54.1 Å². The Morgan fingerprint density at radius 3 is 1.81 bits per heavy atom. The molecule has 20 heteroatoms. The van der Waals surface area contributed by atoms with Gasteiger partial charge in [0.25, 0.3) is 11.5 Å². The quantitative estimate of drug-likeness (QED) is 0.0870. The van der Waals surface area contributed by atoms with Crippen molar-refractivity contribution in [2.24, 2.45) is 3.95 Å². The Hall–Kier alpha value is -4.04. The zero-order valence-corrected chi connectivity index (χ0v) is 35.8. The monoisotopic (exact) mass is 955 g/mol. The molecule has 0 atom stereocenters. The number of ether oxygens (including phenoxy) is 2. The summed E-state index contributed by atoms with van der Waals surface area (Å²) in [5.74, 6) is 0.801. The van der Waals surface area contributed by atoms with Gasteiger partial charge in [-0.1, -0.05) is 29.6 Å². The fraction of sp³-hybridized carbons (Fsp3) is 0.459. The number of pyridine rings is 2. The Labute approximate surface area is 354 Å². The van der Waals surface area contributed by atoms with Crippen molar-refractivity contribution in [1.29, 1.82) is 0 Å². The number of carbonyl (C=O) groups excluding carboxylic acids is 2. The van der Waals surface area contributed by atoms with Crippen LogP contribution in [0.2, 0.25) is 15.2 Å². The van der Waals surface area contributed by atoms with E-state index in [9.17, 15) is 19.2 Å². The van der Waals surface area contributed by atoms with E-state index >= 15 is 0 Å². The number of rotatable bonds is 8. The van der Waals surface area contributed by atoms with Crippen LogP contribution in [0, 0.1) is 0 Å². The van der Waals surface area contributed by atoms with Gasteiger partial charge in [-0.2, -0.15) is 0 Å². The molecule has 0 radical (unpaired) electrons. The zero-order chi connectivity index (χ0) is 40.7. The van der Waals surface area contributed by atoms with Crippen LogP contribution in [0.15, 0.2) is 46.8 Å². The number of halogens is 4. The minimum atomic E-state index is -0.697. The summed E-state index contributed by atoms with van der Waals surface area (Å²) in [4.78, 5) is 66.2. The maximum atomic E-state index is 13.3. The first-order valence-electron chi connectivity index (χ1n) is 18.6. The molecule has 2 aliphatic heterocycles. The first-order chi connectivity index (χ1) is 27.5. The maximum absolute atomic E-state index is 13.3. The second kappa shape index (κ2) is 18.7. The standard InChI is InChI=1S/C18H20ClN5O3.C13H16ClIN3O2.C6H7ClN2O/c1-2-27-13-9-20-10-21-15(13)22-12-8-11(19)14-16(25)23-18(24(14)17(12)26)6-4-3-5-7-18;14-9-6-8(7-15-16)12(20)18-10(9)11(19)17-13(18)4-2-1-3-5-13;1-2-10-5-3-8-4-9-6(5)7/h8-10H,2-7H2,1H3,(H,23,25)(H,20,21,22);6H,1-5,7,16H2,(H,17,19);3-4H,2H2,1H3/q;-1;. The average molecular weight is 957 g/mol. The molecule has 2 saturated carbocycles. The summed E-state index contributed by atoms with van der Waals surface area (Å²) in [5, 5.41) is 9.95. The number of anilines is 2. The number of aromatic nitrogens is 6. The predicted octanol–water partition coefficient (Wildman–Crippen LogP) is 2.65. The summed E-state index contributed by atoms with van der Waals surface area (Å²) < 4.78 is 20.0. The van der Waals surface area contributed by atoms with Gasteiger partial charge >= 0.3 is 133 Å². The molecule has 4 aliphatic rings. The molecule has 4 aromatic heterocycles. The topological polar surface area (TPSA) is 210 Å². The van der Waals surface area contributed by atoms with Crippen molar-refractivity contribution in [3.63, 3.8) is 0 Å². The fourth-order valence-electron chi connectivity index (χ4n) is 7.70. The number of amides is 2. The van der Waals surface area contributed by atoms with Crippen LogP contribution in [0.5, 0.6) is 11.5 Å². The van der Waals surface area contributed by atoms with Crippen molar-refractivity contribution in [2.75, 3.05) is 18.5 Å². The van der Waals surface area contributed by atoms with Crippen LogP contribution in [-0.2, 0) is 15.8 Å². The van der Waals surface area contributed by atoms with Gasteiger partial charge in [0.1, 0.15) is 29.7 Å². The number of nitrogens with zero attached hydrogens (tertiary/aromatic N) is 6. The summed E-state index contributed by atoms with van der Waals surface area (Å²) in [6, 6.07) is 3.08. The second-order valence-electron chi connectivity index (χ2n) is 13.7. The molecule has 2 spiro atoms. The normalized spacial score (nSPS) is 17.0. The van der Waals surface area contributed by atoms with Crippen molar-refractivity contribution in [3.05, 3.63) is 90.0 Å². The molecule has 8 rings (SSSR count).